The number of para-hydroxylation sites is 1. The minimum absolute atomic E-state index is 0.133. The summed E-state index contributed by atoms with van der Waals surface area (Å²) >= 11 is 4.84. The molecule has 0 aliphatic heterocycles. The molecule has 0 bridgehead atoms. The second kappa shape index (κ2) is 9.66. The lowest BCUT2D eigenvalue weighted by Gasteiger charge is -2.11. The maximum Gasteiger partial charge on any atom is 0.234 e. The van der Waals surface area contributed by atoms with Crippen LogP contribution in [-0.2, 0) is 11.3 Å². The van der Waals surface area contributed by atoms with E-state index in [1.807, 2.05) is 53.4 Å². The SMILES string of the molecule is Cc1nn(Cc2nnc(SCC(=O)Nc3ccc(F)cc3)n2-c2ccccc2)c(C)c1Br. The van der Waals surface area contributed by atoms with Crippen molar-refractivity contribution >= 4 is 39.3 Å². The monoisotopic (exact) mass is 514 g/mol. The fourth-order valence-corrected chi connectivity index (χ4v) is 4.21. The Morgan fingerprint density at radius 2 is 1.81 bits per heavy atom. The largest absolute Gasteiger partial charge is 0.325 e. The number of amides is 1. The van der Waals surface area contributed by atoms with Crippen LogP contribution in [0.1, 0.15) is 17.2 Å². The summed E-state index contributed by atoms with van der Waals surface area (Å²) in [5, 5.41) is 16.6. The average molecular weight is 515 g/mol. The first-order chi connectivity index (χ1) is 15.4. The van der Waals surface area contributed by atoms with Crippen molar-refractivity contribution in [3.63, 3.8) is 0 Å². The van der Waals surface area contributed by atoms with Gasteiger partial charge < -0.3 is 5.32 Å². The van der Waals surface area contributed by atoms with Gasteiger partial charge in [-0.15, -0.1) is 10.2 Å². The predicted molar refractivity (Wildman–Crippen MR) is 126 cm³/mol. The third-order valence-corrected chi connectivity index (χ3v) is 6.84. The van der Waals surface area contributed by atoms with Gasteiger partial charge in [0.05, 0.1) is 21.6 Å². The highest BCUT2D eigenvalue weighted by molar-refractivity contribution is 9.10. The fraction of sp³-hybridized carbons (Fsp3) is 0.182. The minimum atomic E-state index is -0.351. The molecule has 0 saturated heterocycles. The van der Waals surface area contributed by atoms with Crippen LogP contribution in [0.15, 0.2) is 64.2 Å². The first-order valence-corrected chi connectivity index (χ1v) is 11.6. The van der Waals surface area contributed by atoms with Crippen molar-refractivity contribution in [3.8, 4) is 5.69 Å². The molecule has 4 rings (SSSR count). The van der Waals surface area contributed by atoms with Gasteiger partial charge in [-0.3, -0.25) is 14.0 Å². The number of carbonyl (C=O) groups excluding carboxylic acids is 1. The van der Waals surface area contributed by atoms with Crippen LogP contribution in [-0.4, -0.2) is 36.2 Å². The van der Waals surface area contributed by atoms with E-state index in [1.165, 1.54) is 36.0 Å². The molecule has 0 fully saturated rings. The number of carbonyl (C=O) groups is 1. The molecule has 2 aromatic carbocycles. The molecular formula is C22H20BrFN6OS. The van der Waals surface area contributed by atoms with Crippen molar-refractivity contribution < 1.29 is 9.18 Å². The lowest BCUT2D eigenvalue weighted by Crippen LogP contribution is -2.15. The Kier molecular flexibility index (Phi) is 6.71. The highest BCUT2D eigenvalue weighted by Crippen LogP contribution is 2.25. The number of aryl methyl sites for hydroxylation is 1. The van der Waals surface area contributed by atoms with Crippen molar-refractivity contribution in [2.45, 2.75) is 25.5 Å². The minimum Gasteiger partial charge on any atom is -0.325 e. The second-order valence-electron chi connectivity index (χ2n) is 7.06. The highest BCUT2D eigenvalue weighted by Gasteiger charge is 2.18. The molecule has 0 aliphatic rings. The van der Waals surface area contributed by atoms with Gasteiger partial charge in [-0.2, -0.15) is 5.10 Å². The predicted octanol–water partition coefficient (Wildman–Crippen LogP) is 4.76. The number of nitrogens with one attached hydrogen (secondary N) is 1. The number of hydrogen-bond acceptors (Lipinski definition) is 5. The maximum atomic E-state index is 13.1. The number of rotatable bonds is 7. The quantitative estimate of drug-likeness (QED) is 0.359. The fourth-order valence-electron chi connectivity index (χ4n) is 3.16. The molecule has 10 heteroatoms. The van der Waals surface area contributed by atoms with E-state index in [-0.39, 0.29) is 17.5 Å². The summed E-state index contributed by atoms with van der Waals surface area (Å²) in [5.74, 6) is 0.271. The van der Waals surface area contributed by atoms with E-state index in [0.717, 1.165) is 21.5 Å². The summed E-state index contributed by atoms with van der Waals surface area (Å²) in [6.45, 7) is 4.36. The molecule has 0 unspecified atom stereocenters. The van der Waals surface area contributed by atoms with Crippen molar-refractivity contribution in [2.24, 2.45) is 0 Å². The first kappa shape index (κ1) is 22.2. The summed E-state index contributed by atoms with van der Waals surface area (Å²) < 4.78 is 17.8. The molecule has 0 aliphatic carbocycles. The van der Waals surface area contributed by atoms with Crippen LogP contribution in [0.25, 0.3) is 5.69 Å². The van der Waals surface area contributed by atoms with E-state index >= 15 is 0 Å². The number of aromatic nitrogens is 5. The zero-order valence-corrected chi connectivity index (χ0v) is 19.8. The Morgan fingerprint density at radius 1 is 1.09 bits per heavy atom. The van der Waals surface area contributed by atoms with Crippen LogP contribution in [0.5, 0.6) is 0 Å². The molecule has 164 valence electrons. The molecule has 0 radical (unpaired) electrons. The summed E-state index contributed by atoms with van der Waals surface area (Å²) in [7, 11) is 0. The Labute approximate surface area is 197 Å². The summed E-state index contributed by atoms with van der Waals surface area (Å²) in [5.41, 5.74) is 3.34. The highest BCUT2D eigenvalue weighted by atomic mass is 79.9. The third-order valence-electron chi connectivity index (χ3n) is 4.76. The van der Waals surface area contributed by atoms with Crippen LogP contribution >= 0.6 is 27.7 Å². The molecular weight excluding hydrogens is 495 g/mol. The Hall–Kier alpha value is -2.98. The van der Waals surface area contributed by atoms with Gasteiger partial charge in [-0.1, -0.05) is 30.0 Å². The Bertz CT molecular complexity index is 1240. The summed E-state index contributed by atoms with van der Waals surface area (Å²) in [6, 6.07) is 15.4. The third kappa shape index (κ3) is 4.91. The van der Waals surface area contributed by atoms with Gasteiger partial charge in [0.2, 0.25) is 5.91 Å². The van der Waals surface area contributed by atoms with E-state index < -0.39 is 0 Å². The molecule has 4 aromatic rings. The number of hydrogen-bond donors (Lipinski definition) is 1. The van der Waals surface area contributed by atoms with Crippen LogP contribution in [0, 0.1) is 19.7 Å². The van der Waals surface area contributed by atoms with Gasteiger partial charge >= 0.3 is 0 Å². The van der Waals surface area contributed by atoms with Crippen LogP contribution in [0.2, 0.25) is 0 Å². The lowest BCUT2D eigenvalue weighted by atomic mass is 10.3. The van der Waals surface area contributed by atoms with Gasteiger partial charge in [-0.05, 0) is 66.2 Å². The van der Waals surface area contributed by atoms with Crippen molar-refractivity contribution in [2.75, 3.05) is 11.1 Å². The van der Waals surface area contributed by atoms with Crippen molar-refractivity contribution in [1.82, 2.24) is 24.5 Å². The van der Waals surface area contributed by atoms with E-state index in [1.54, 1.807) is 0 Å². The molecule has 0 saturated carbocycles. The smallest absolute Gasteiger partial charge is 0.234 e. The number of nitrogens with zero attached hydrogens (tertiary/aromatic N) is 5. The normalized spacial score (nSPS) is 11.0. The molecule has 0 atom stereocenters. The van der Waals surface area contributed by atoms with Gasteiger partial charge in [0.15, 0.2) is 11.0 Å². The summed E-state index contributed by atoms with van der Waals surface area (Å²) in [4.78, 5) is 12.4. The van der Waals surface area contributed by atoms with E-state index in [0.29, 0.717) is 23.2 Å². The van der Waals surface area contributed by atoms with Crippen LogP contribution in [0.4, 0.5) is 10.1 Å². The lowest BCUT2D eigenvalue weighted by molar-refractivity contribution is -0.113. The van der Waals surface area contributed by atoms with Crippen LogP contribution in [0.3, 0.4) is 0 Å². The number of thioether (sulfide) groups is 1. The molecule has 1 amide bonds. The van der Waals surface area contributed by atoms with Gasteiger partial charge in [0, 0.05) is 11.4 Å². The molecule has 2 aromatic heterocycles. The van der Waals surface area contributed by atoms with E-state index in [2.05, 4.69) is 36.5 Å². The second-order valence-corrected chi connectivity index (χ2v) is 8.79. The summed E-state index contributed by atoms with van der Waals surface area (Å²) in [6.07, 6.45) is 0. The van der Waals surface area contributed by atoms with E-state index in [4.69, 9.17) is 0 Å². The molecule has 2 heterocycles. The maximum absolute atomic E-state index is 13.1. The van der Waals surface area contributed by atoms with Crippen molar-refractivity contribution in [1.29, 1.82) is 0 Å². The van der Waals surface area contributed by atoms with Gasteiger partial charge in [0.25, 0.3) is 0 Å². The van der Waals surface area contributed by atoms with Gasteiger partial charge in [0.1, 0.15) is 12.4 Å². The molecule has 32 heavy (non-hydrogen) atoms. The van der Waals surface area contributed by atoms with Crippen LogP contribution < -0.4 is 5.32 Å². The zero-order valence-electron chi connectivity index (χ0n) is 17.4. The number of anilines is 1. The van der Waals surface area contributed by atoms with E-state index in [9.17, 15) is 9.18 Å². The molecule has 1 N–H and O–H groups in total. The topological polar surface area (TPSA) is 77.6 Å². The number of halogens is 2. The zero-order chi connectivity index (χ0) is 22.7. The molecule has 0 spiro atoms. The molecule has 7 nitrogen and oxygen atoms in total. The number of benzene rings is 2. The first-order valence-electron chi connectivity index (χ1n) is 9.80. The average Bonchev–Trinajstić information content (AvgIpc) is 3.30. The van der Waals surface area contributed by atoms with Crippen molar-refractivity contribution in [3.05, 3.63) is 82.1 Å². The Morgan fingerprint density at radius 3 is 2.47 bits per heavy atom. The van der Waals surface area contributed by atoms with Gasteiger partial charge in [-0.25, -0.2) is 4.39 Å². The standard InChI is InChI=1S/C22H20BrFN6OS/c1-14-21(23)15(2)29(28-14)12-19-26-27-22(30(19)18-6-4-3-5-7-18)32-13-20(31)25-17-10-8-16(24)9-11-17/h3-11H,12-13H2,1-2H3,(H,25,31). The Balaban J connectivity index is 1.56.